The Morgan fingerprint density at radius 2 is 1.50 bits per heavy atom. The van der Waals surface area contributed by atoms with E-state index in [1.54, 1.807) is 42.5 Å². The topological polar surface area (TPSA) is 107 Å². The van der Waals surface area contributed by atoms with Gasteiger partial charge in [0, 0.05) is 18.2 Å². The second-order valence-corrected chi connectivity index (χ2v) is 8.96. The molecule has 1 amide bonds. The highest BCUT2D eigenvalue weighted by Crippen LogP contribution is 2.37. The van der Waals surface area contributed by atoms with Crippen LogP contribution in [0.3, 0.4) is 0 Å². The number of nitrogens with zero attached hydrogens (tertiary/aromatic N) is 2. The molecule has 0 bridgehead atoms. The molecule has 0 aliphatic carbocycles. The number of amides is 1. The zero-order valence-electron chi connectivity index (χ0n) is 19.2. The van der Waals surface area contributed by atoms with Crippen LogP contribution in [0.1, 0.15) is 15.9 Å². The second-order valence-electron chi connectivity index (χ2n) is 6.99. The Morgan fingerprint density at radius 1 is 0.912 bits per heavy atom. The molecule has 0 aliphatic rings. The maximum Gasteiger partial charge on any atom is 0.271 e. The number of hydrogen-bond acceptors (Lipinski definition) is 7. The van der Waals surface area contributed by atoms with E-state index in [4.69, 9.17) is 14.2 Å². The number of hydrogen-bond donors (Lipinski definition) is 1. The molecule has 0 spiro atoms. The summed E-state index contributed by atoms with van der Waals surface area (Å²) in [5.41, 5.74) is 3.80. The van der Waals surface area contributed by atoms with Crippen LogP contribution >= 0.6 is 0 Å². The van der Waals surface area contributed by atoms with Crippen molar-refractivity contribution in [1.82, 2.24) is 5.43 Å². The quantitative estimate of drug-likeness (QED) is 0.370. The monoisotopic (exact) mass is 483 g/mol. The lowest BCUT2D eigenvalue weighted by atomic mass is 10.2. The molecule has 0 saturated carbocycles. The number of ether oxygens (including phenoxy) is 3. The van der Waals surface area contributed by atoms with Gasteiger partial charge in [-0.05, 0) is 48.5 Å². The molecule has 0 atom stereocenters. The summed E-state index contributed by atoms with van der Waals surface area (Å²) in [5.74, 6) is 0.911. The van der Waals surface area contributed by atoms with Crippen molar-refractivity contribution in [2.75, 3.05) is 32.7 Å². The van der Waals surface area contributed by atoms with Crippen molar-refractivity contribution < 1.29 is 27.4 Å². The number of carbonyl (C=O) groups excluding carboxylic acids is 1. The maximum atomic E-state index is 12.8. The second kappa shape index (κ2) is 10.7. The number of anilines is 1. The molecule has 3 aromatic carbocycles. The minimum Gasteiger partial charge on any atom is -0.493 e. The normalized spacial score (nSPS) is 11.2. The number of methoxy groups -OCH3 is 3. The van der Waals surface area contributed by atoms with Gasteiger partial charge in [0.15, 0.2) is 11.5 Å². The molecule has 0 heterocycles. The van der Waals surface area contributed by atoms with E-state index in [0.29, 0.717) is 34.1 Å². The molecule has 9 nitrogen and oxygen atoms in total. The van der Waals surface area contributed by atoms with E-state index in [1.807, 2.05) is 0 Å². The molecule has 0 fully saturated rings. The lowest BCUT2D eigenvalue weighted by Gasteiger charge is -2.19. The molecular weight excluding hydrogens is 458 g/mol. The van der Waals surface area contributed by atoms with E-state index in [-0.39, 0.29) is 4.90 Å². The third-order valence-electron chi connectivity index (χ3n) is 4.96. The van der Waals surface area contributed by atoms with Crippen LogP contribution in [0.4, 0.5) is 5.69 Å². The first-order valence-electron chi connectivity index (χ1n) is 10.1. The van der Waals surface area contributed by atoms with Crippen molar-refractivity contribution in [1.29, 1.82) is 0 Å². The van der Waals surface area contributed by atoms with Gasteiger partial charge in [0.1, 0.15) is 0 Å². The molecule has 1 N–H and O–H groups in total. The Balaban J connectivity index is 1.70. The third-order valence-corrected chi connectivity index (χ3v) is 6.76. The fourth-order valence-electron chi connectivity index (χ4n) is 3.12. The van der Waals surface area contributed by atoms with Crippen molar-refractivity contribution in [3.63, 3.8) is 0 Å². The smallest absolute Gasteiger partial charge is 0.271 e. The van der Waals surface area contributed by atoms with Gasteiger partial charge in [0.2, 0.25) is 5.75 Å². The summed E-state index contributed by atoms with van der Waals surface area (Å²) < 4.78 is 42.6. The molecule has 0 aromatic heterocycles. The van der Waals surface area contributed by atoms with Crippen LogP contribution < -0.4 is 23.9 Å². The van der Waals surface area contributed by atoms with Crippen LogP contribution in [0.25, 0.3) is 0 Å². The van der Waals surface area contributed by atoms with Crippen LogP contribution in [0, 0.1) is 0 Å². The number of hydrazone groups is 1. The molecule has 3 rings (SSSR count). The highest BCUT2D eigenvalue weighted by atomic mass is 32.2. The number of sulfonamides is 1. The summed E-state index contributed by atoms with van der Waals surface area (Å²) in [6.45, 7) is 0. The Kier molecular flexibility index (Phi) is 7.75. The number of rotatable bonds is 9. The Bertz CT molecular complexity index is 1250. The molecular formula is C24H25N3O6S. The van der Waals surface area contributed by atoms with E-state index < -0.39 is 15.9 Å². The predicted octanol–water partition coefficient (Wildman–Crippen LogP) is 3.30. The van der Waals surface area contributed by atoms with Crippen LogP contribution in [-0.2, 0) is 10.0 Å². The van der Waals surface area contributed by atoms with Gasteiger partial charge in [-0.2, -0.15) is 5.10 Å². The van der Waals surface area contributed by atoms with Crippen LogP contribution in [0.5, 0.6) is 17.2 Å². The Hall–Kier alpha value is -4.05. The largest absolute Gasteiger partial charge is 0.493 e. The minimum absolute atomic E-state index is 0.181. The average molecular weight is 484 g/mol. The van der Waals surface area contributed by atoms with Gasteiger partial charge >= 0.3 is 0 Å². The zero-order chi connectivity index (χ0) is 24.7. The van der Waals surface area contributed by atoms with Gasteiger partial charge in [0.05, 0.1) is 38.1 Å². The van der Waals surface area contributed by atoms with Crippen LogP contribution in [0.15, 0.2) is 76.7 Å². The van der Waals surface area contributed by atoms with E-state index in [9.17, 15) is 13.2 Å². The van der Waals surface area contributed by atoms with E-state index in [0.717, 1.165) is 4.31 Å². The maximum absolute atomic E-state index is 12.8. The lowest BCUT2D eigenvalue weighted by molar-refractivity contribution is 0.0955. The minimum atomic E-state index is -3.71. The summed E-state index contributed by atoms with van der Waals surface area (Å²) in [6.07, 6.45) is 1.44. The van der Waals surface area contributed by atoms with Crippen molar-refractivity contribution in [3.05, 3.63) is 77.9 Å². The molecule has 0 unspecified atom stereocenters. The summed E-state index contributed by atoms with van der Waals surface area (Å²) >= 11 is 0. The van der Waals surface area contributed by atoms with E-state index in [1.165, 1.54) is 58.9 Å². The van der Waals surface area contributed by atoms with Gasteiger partial charge in [-0.15, -0.1) is 0 Å². The SMILES string of the molecule is COc1cc(C=NNC(=O)c2ccc(N(C)S(=O)(=O)c3ccccc3)cc2)cc(OC)c1OC. The number of nitrogens with one attached hydrogen (secondary N) is 1. The third kappa shape index (κ3) is 5.29. The molecule has 0 radical (unpaired) electrons. The van der Waals surface area contributed by atoms with Gasteiger partial charge in [-0.1, -0.05) is 18.2 Å². The van der Waals surface area contributed by atoms with Gasteiger partial charge in [-0.25, -0.2) is 13.8 Å². The number of carbonyl (C=O) groups is 1. The van der Waals surface area contributed by atoms with Crippen LogP contribution in [-0.4, -0.2) is 48.9 Å². The standard InChI is InChI=1S/C24H25N3O6S/c1-27(34(29,30)20-8-6-5-7-9-20)19-12-10-18(11-13-19)24(28)26-25-16-17-14-21(31-2)23(33-4)22(15-17)32-3/h5-16H,1-4H3,(H,26,28). The Labute approximate surface area is 198 Å². The average Bonchev–Trinajstić information content (AvgIpc) is 2.88. The molecule has 34 heavy (non-hydrogen) atoms. The van der Waals surface area contributed by atoms with Gasteiger partial charge < -0.3 is 14.2 Å². The van der Waals surface area contributed by atoms with Crippen molar-refractivity contribution in [3.8, 4) is 17.2 Å². The van der Waals surface area contributed by atoms with E-state index >= 15 is 0 Å². The zero-order valence-corrected chi connectivity index (χ0v) is 20.0. The molecule has 178 valence electrons. The first kappa shape index (κ1) is 24.6. The highest BCUT2D eigenvalue weighted by molar-refractivity contribution is 7.92. The van der Waals surface area contributed by atoms with Crippen molar-refractivity contribution >= 4 is 27.8 Å². The van der Waals surface area contributed by atoms with E-state index in [2.05, 4.69) is 10.5 Å². The lowest BCUT2D eigenvalue weighted by Crippen LogP contribution is -2.26. The van der Waals surface area contributed by atoms with Crippen molar-refractivity contribution in [2.24, 2.45) is 5.10 Å². The summed E-state index contributed by atoms with van der Waals surface area (Å²) in [4.78, 5) is 12.6. The molecule has 3 aromatic rings. The van der Waals surface area contributed by atoms with Gasteiger partial charge in [-0.3, -0.25) is 9.10 Å². The molecule has 10 heteroatoms. The summed E-state index contributed by atoms with van der Waals surface area (Å²) in [5, 5.41) is 3.98. The fraction of sp³-hybridized carbons (Fsp3) is 0.167. The first-order chi connectivity index (χ1) is 16.3. The van der Waals surface area contributed by atoms with Crippen LogP contribution in [0.2, 0.25) is 0 Å². The number of benzene rings is 3. The Morgan fingerprint density at radius 3 is 2.03 bits per heavy atom. The fourth-order valence-corrected chi connectivity index (χ4v) is 4.33. The molecule has 0 aliphatic heterocycles. The van der Waals surface area contributed by atoms with Crippen molar-refractivity contribution in [2.45, 2.75) is 4.90 Å². The summed E-state index contributed by atoms with van der Waals surface area (Å²) in [6, 6.07) is 17.7. The highest BCUT2D eigenvalue weighted by Gasteiger charge is 2.21. The first-order valence-corrected chi connectivity index (χ1v) is 11.5. The predicted molar refractivity (Wildman–Crippen MR) is 130 cm³/mol. The molecule has 0 saturated heterocycles. The van der Waals surface area contributed by atoms with Gasteiger partial charge in [0.25, 0.3) is 15.9 Å². The summed E-state index contributed by atoms with van der Waals surface area (Å²) in [7, 11) is 2.27.